The van der Waals surface area contributed by atoms with Gasteiger partial charge in [0.1, 0.15) is 18.2 Å². The molecule has 4 nitrogen and oxygen atoms in total. The van der Waals surface area contributed by atoms with Crippen LogP contribution in [-0.4, -0.2) is 16.2 Å². The molecule has 0 atom stereocenters. The summed E-state index contributed by atoms with van der Waals surface area (Å²) in [5, 5.41) is 0. The van der Waals surface area contributed by atoms with Gasteiger partial charge in [-0.15, -0.1) is 0 Å². The van der Waals surface area contributed by atoms with Crippen molar-refractivity contribution in [1.29, 1.82) is 0 Å². The fourth-order valence-corrected chi connectivity index (χ4v) is 3.40. The van der Waals surface area contributed by atoms with Crippen LogP contribution in [0, 0.1) is 0 Å². The standard InChI is InChI=1S/C27H21N3O/c1-2-8-21(9-3-1)19-31-22-16-14-20(15-17-22)18-28-24-11-5-4-10-23(24)27-29-25-12-6-7-13-26(25)30-27/h1-18H,19H2,(H,29,30). The van der Waals surface area contributed by atoms with Crippen molar-refractivity contribution in [3.63, 3.8) is 0 Å². The summed E-state index contributed by atoms with van der Waals surface area (Å²) in [4.78, 5) is 12.8. The van der Waals surface area contributed by atoms with Crippen LogP contribution in [0.25, 0.3) is 22.4 Å². The van der Waals surface area contributed by atoms with Gasteiger partial charge < -0.3 is 9.72 Å². The number of ether oxygens (including phenoxy) is 1. The molecule has 0 bridgehead atoms. The molecule has 0 aliphatic rings. The van der Waals surface area contributed by atoms with E-state index < -0.39 is 0 Å². The van der Waals surface area contributed by atoms with Gasteiger partial charge in [0, 0.05) is 11.8 Å². The summed E-state index contributed by atoms with van der Waals surface area (Å²) in [5.41, 5.74) is 5.95. The lowest BCUT2D eigenvalue weighted by molar-refractivity contribution is 0.306. The molecule has 0 aliphatic heterocycles. The number of fused-ring (bicyclic) bond motifs is 1. The minimum absolute atomic E-state index is 0.555. The molecule has 1 aromatic heterocycles. The van der Waals surface area contributed by atoms with Crippen molar-refractivity contribution in [3.8, 4) is 17.1 Å². The topological polar surface area (TPSA) is 50.3 Å². The molecule has 0 unspecified atom stereocenters. The Morgan fingerprint density at radius 3 is 2.35 bits per heavy atom. The number of imidazole rings is 1. The van der Waals surface area contributed by atoms with E-state index in [-0.39, 0.29) is 0 Å². The maximum atomic E-state index is 5.86. The first-order valence-corrected chi connectivity index (χ1v) is 10.2. The van der Waals surface area contributed by atoms with Crippen LogP contribution < -0.4 is 4.74 Å². The van der Waals surface area contributed by atoms with E-state index in [9.17, 15) is 0 Å². The number of nitrogens with zero attached hydrogens (tertiary/aromatic N) is 2. The fraction of sp³-hybridized carbons (Fsp3) is 0.0370. The highest BCUT2D eigenvalue weighted by atomic mass is 16.5. The van der Waals surface area contributed by atoms with Gasteiger partial charge in [-0.25, -0.2) is 4.98 Å². The highest BCUT2D eigenvalue weighted by Crippen LogP contribution is 2.29. The van der Waals surface area contributed by atoms with E-state index in [0.29, 0.717) is 6.61 Å². The smallest absolute Gasteiger partial charge is 0.140 e. The highest BCUT2D eigenvalue weighted by molar-refractivity contribution is 5.86. The summed E-state index contributed by atoms with van der Waals surface area (Å²) < 4.78 is 5.86. The van der Waals surface area contributed by atoms with Crippen molar-refractivity contribution < 1.29 is 4.74 Å². The van der Waals surface area contributed by atoms with Crippen molar-refractivity contribution in [3.05, 3.63) is 114 Å². The normalized spacial score (nSPS) is 11.2. The third kappa shape index (κ3) is 4.38. The SMILES string of the molecule is C(=Nc1ccccc1-c1nc2ccccc2[nH]1)c1ccc(OCc2ccccc2)cc1. The lowest BCUT2D eigenvalue weighted by atomic mass is 10.1. The molecule has 31 heavy (non-hydrogen) atoms. The van der Waals surface area contributed by atoms with E-state index in [1.807, 2.05) is 97.2 Å². The number of hydrogen-bond donors (Lipinski definition) is 1. The van der Waals surface area contributed by atoms with Gasteiger partial charge in [0.25, 0.3) is 0 Å². The molecule has 5 aromatic rings. The quantitative estimate of drug-likeness (QED) is 0.326. The third-order valence-electron chi connectivity index (χ3n) is 5.03. The zero-order chi connectivity index (χ0) is 20.9. The monoisotopic (exact) mass is 403 g/mol. The van der Waals surface area contributed by atoms with Crippen LogP contribution in [-0.2, 0) is 6.61 Å². The summed E-state index contributed by atoms with van der Waals surface area (Å²) in [5.74, 6) is 1.65. The van der Waals surface area contributed by atoms with Crippen LogP contribution >= 0.6 is 0 Å². The Kier molecular flexibility index (Phi) is 5.27. The van der Waals surface area contributed by atoms with Gasteiger partial charge in [0.05, 0.1) is 16.7 Å². The van der Waals surface area contributed by atoms with Crippen molar-refractivity contribution >= 4 is 22.9 Å². The Labute approximate surface area is 180 Å². The van der Waals surface area contributed by atoms with Crippen LogP contribution in [0.2, 0.25) is 0 Å². The third-order valence-corrected chi connectivity index (χ3v) is 5.03. The first-order chi connectivity index (χ1) is 15.3. The molecule has 0 saturated carbocycles. The second-order valence-electron chi connectivity index (χ2n) is 7.22. The van der Waals surface area contributed by atoms with Crippen LogP contribution in [0.4, 0.5) is 5.69 Å². The van der Waals surface area contributed by atoms with E-state index in [0.717, 1.165) is 45.0 Å². The maximum absolute atomic E-state index is 5.86. The summed E-state index contributed by atoms with van der Waals surface area (Å²) in [7, 11) is 0. The van der Waals surface area contributed by atoms with Gasteiger partial charge in [-0.2, -0.15) is 0 Å². The first-order valence-electron chi connectivity index (χ1n) is 10.2. The molecule has 0 radical (unpaired) electrons. The number of nitrogens with one attached hydrogen (secondary N) is 1. The summed E-state index contributed by atoms with van der Waals surface area (Å²) in [6.45, 7) is 0.555. The molecule has 0 aliphatic carbocycles. The average molecular weight is 403 g/mol. The Bertz CT molecular complexity index is 1290. The number of hydrogen-bond acceptors (Lipinski definition) is 3. The number of aromatic amines is 1. The molecule has 150 valence electrons. The molecule has 0 saturated heterocycles. The maximum Gasteiger partial charge on any atom is 0.140 e. The van der Waals surface area contributed by atoms with E-state index in [2.05, 4.69) is 17.1 Å². The van der Waals surface area contributed by atoms with Gasteiger partial charge >= 0.3 is 0 Å². The second-order valence-corrected chi connectivity index (χ2v) is 7.22. The van der Waals surface area contributed by atoms with Crippen LogP contribution in [0.15, 0.2) is 108 Å². The minimum Gasteiger partial charge on any atom is -0.489 e. The summed E-state index contributed by atoms with van der Waals surface area (Å²) in [6.07, 6.45) is 1.86. The Morgan fingerprint density at radius 2 is 1.52 bits per heavy atom. The van der Waals surface area contributed by atoms with Crippen molar-refractivity contribution in [2.24, 2.45) is 4.99 Å². The number of H-pyrrole nitrogens is 1. The lowest BCUT2D eigenvalue weighted by Gasteiger charge is -2.06. The fourth-order valence-electron chi connectivity index (χ4n) is 3.40. The predicted octanol–water partition coefficient (Wildman–Crippen LogP) is 6.56. The molecule has 5 rings (SSSR count). The molecule has 0 fully saturated rings. The average Bonchev–Trinajstić information content (AvgIpc) is 3.27. The van der Waals surface area contributed by atoms with E-state index in [1.54, 1.807) is 0 Å². The number of aromatic nitrogens is 2. The van der Waals surface area contributed by atoms with Crippen molar-refractivity contribution in [2.75, 3.05) is 0 Å². The Morgan fingerprint density at radius 1 is 0.774 bits per heavy atom. The number of para-hydroxylation sites is 3. The van der Waals surface area contributed by atoms with E-state index >= 15 is 0 Å². The molecule has 0 spiro atoms. The van der Waals surface area contributed by atoms with Crippen molar-refractivity contribution in [1.82, 2.24) is 9.97 Å². The number of rotatable bonds is 6. The molecular weight excluding hydrogens is 382 g/mol. The van der Waals surface area contributed by atoms with Crippen LogP contribution in [0.5, 0.6) is 5.75 Å². The number of aliphatic imine (C=N–C) groups is 1. The van der Waals surface area contributed by atoms with Gasteiger partial charge in [0.2, 0.25) is 0 Å². The molecular formula is C27H21N3O. The van der Waals surface area contributed by atoms with Gasteiger partial charge in [-0.3, -0.25) is 4.99 Å². The lowest BCUT2D eigenvalue weighted by Crippen LogP contribution is -1.95. The van der Waals surface area contributed by atoms with Crippen molar-refractivity contribution in [2.45, 2.75) is 6.61 Å². The van der Waals surface area contributed by atoms with E-state index in [4.69, 9.17) is 14.7 Å². The summed E-state index contributed by atoms with van der Waals surface area (Å²) >= 11 is 0. The number of benzene rings is 4. The zero-order valence-corrected chi connectivity index (χ0v) is 16.9. The molecule has 4 heteroatoms. The van der Waals surface area contributed by atoms with Crippen LogP contribution in [0.1, 0.15) is 11.1 Å². The largest absolute Gasteiger partial charge is 0.489 e. The minimum atomic E-state index is 0.555. The predicted molar refractivity (Wildman–Crippen MR) is 126 cm³/mol. The molecule has 1 N–H and O–H groups in total. The molecule has 1 heterocycles. The van der Waals surface area contributed by atoms with E-state index in [1.165, 1.54) is 0 Å². The zero-order valence-electron chi connectivity index (χ0n) is 16.9. The Balaban J connectivity index is 1.32. The molecule has 0 amide bonds. The van der Waals surface area contributed by atoms with Gasteiger partial charge in [-0.1, -0.05) is 54.6 Å². The molecule has 4 aromatic carbocycles. The van der Waals surface area contributed by atoms with Gasteiger partial charge in [0.15, 0.2) is 0 Å². The van der Waals surface area contributed by atoms with Crippen LogP contribution in [0.3, 0.4) is 0 Å². The highest BCUT2D eigenvalue weighted by Gasteiger charge is 2.08. The first kappa shape index (κ1) is 18.8. The summed E-state index contributed by atoms with van der Waals surface area (Å²) in [6, 6.07) is 34.1. The van der Waals surface area contributed by atoms with Gasteiger partial charge in [-0.05, 0) is 59.7 Å². The second kappa shape index (κ2) is 8.67. The Hall–Kier alpha value is -4.18.